The number of fused-ring (bicyclic) bond motifs is 1. The van der Waals surface area contributed by atoms with Crippen LogP contribution in [0.15, 0.2) is 78.9 Å². The highest BCUT2D eigenvalue weighted by Crippen LogP contribution is 2.30. The van der Waals surface area contributed by atoms with E-state index in [1.54, 1.807) is 13.1 Å². The molecule has 1 amide bonds. The van der Waals surface area contributed by atoms with Crippen molar-refractivity contribution >= 4 is 23.0 Å². The number of carbonyl (C=O) groups is 1. The first-order valence-corrected chi connectivity index (χ1v) is 10.3. The molecule has 4 aromatic rings. The number of halogens is 1. The van der Waals surface area contributed by atoms with E-state index in [4.69, 9.17) is 4.98 Å². The molecular formula is C26H24FN3O. The Balaban J connectivity index is 1.75. The van der Waals surface area contributed by atoms with E-state index in [0.29, 0.717) is 0 Å². The molecule has 0 aliphatic rings. The molecular weight excluding hydrogens is 389 g/mol. The third-order valence-corrected chi connectivity index (χ3v) is 5.30. The van der Waals surface area contributed by atoms with Crippen molar-refractivity contribution in [3.05, 3.63) is 95.8 Å². The molecule has 0 saturated heterocycles. The van der Waals surface area contributed by atoms with Crippen molar-refractivity contribution in [1.29, 1.82) is 0 Å². The SMILES string of the molecule is CNC(=O)/C=C/c1cccc(-c2nc3ccccc3n2C(C)Cc2ccc(F)cc2)c1. The summed E-state index contributed by atoms with van der Waals surface area (Å²) in [6, 6.07) is 22.8. The van der Waals surface area contributed by atoms with Crippen LogP contribution in [0.1, 0.15) is 24.1 Å². The van der Waals surface area contributed by atoms with Crippen molar-refractivity contribution in [2.75, 3.05) is 7.05 Å². The number of likely N-dealkylation sites (N-methyl/N-ethyl adjacent to an activating group) is 1. The fourth-order valence-electron chi connectivity index (χ4n) is 3.78. The van der Waals surface area contributed by atoms with Crippen molar-refractivity contribution in [2.45, 2.75) is 19.4 Å². The number of carbonyl (C=O) groups excluding carboxylic acids is 1. The first-order valence-electron chi connectivity index (χ1n) is 10.3. The van der Waals surface area contributed by atoms with Crippen LogP contribution in [0.2, 0.25) is 0 Å². The summed E-state index contributed by atoms with van der Waals surface area (Å²) < 4.78 is 15.6. The average Bonchev–Trinajstić information content (AvgIpc) is 3.19. The Morgan fingerprint density at radius 1 is 1.10 bits per heavy atom. The largest absolute Gasteiger partial charge is 0.356 e. The second-order valence-electron chi connectivity index (χ2n) is 7.55. The number of amides is 1. The fourth-order valence-corrected chi connectivity index (χ4v) is 3.78. The fraction of sp³-hybridized carbons (Fsp3) is 0.154. The minimum absolute atomic E-state index is 0.109. The highest BCUT2D eigenvalue weighted by atomic mass is 19.1. The van der Waals surface area contributed by atoms with Crippen LogP contribution in [0.5, 0.6) is 0 Å². The predicted molar refractivity (Wildman–Crippen MR) is 123 cm³/mol. The van der Waals surface area contributed by atoms with Crippen molar-refractivity contribution in [3.63, 3.8) is 0 Å². The zero-order valence-corrected chi connectivity index (χ0v) is 17.5. The quantitative estimate of drug-likeness (QED) is 0.430. The molecule has 4 nitrogen and oxygen atoms in total. The van der Waals surface area contributed by atoms with Gasteiger partial charge in [0.1, 0.15) is 11.6 Å². The van der Waals surface area contributed by atoms with Crippen LogP contribution in [-0.4, -0.2) is 22.5 Å². The number of imidazole rings is 1. The number of hydrogen-bond donors (Lipinski definition) is 1. The molecule has 0 aliphatic carbocycles. The minimum atomic E-state index is -0.230. The van der Waals surface area contributed by atoms with E-state index in [1.165, 1.54) is 18.2 Å². The predicted octanol–water partition coefficient (Wildman–Crippen LogP) is 5.41. The molecule has 0 radical (unpaired) electrons. The molecule has 1 heterocycles. The Labute approximate surface area is 181 Å². The van der Waals surface area contributed by atoms with Gasteiger partial charge in [0, 0.05) is 24.7 Å². The van der Waals surface area contributed by atoms with Gasteiger partial charge in [0.2, 0.25) is 5.91 Å². The lowest BCUT2D eigenvalue weighted by Gasteiger charge is -2.18. The van der Waals surface area contributed by atoms with Gasteiger partial charge >= 0.3 is 0 Å². The number of rotatable bonds is 6. The summed E-state index contributed by atoms with van der Waals surface area (Å²) in [5.74, 6) is 0.489. The lowest BCUT2D eigenvalue weighted by atomic mass is 10.1. The Hall–Kier alpha value is -3.73. The molecule has 1 aromatic heterocycles. The molecule has 0 fully saturated rings. The Morgan fingerprint density at radius 3 is 2.65 bits per heavy atom. The summed E-state index contributed by atoms with van der Waals surface area (Å²) in [6.07, 6.45) is 4.06. The lowest BCUT2D eigenvalue weighted by molar-refractivity contribution is -0.115. The van der Waals surface area contributed by atoms with Gasteiger partial charge in [-0.25, -0.2) is 9.37 Å². The molecule has 0 aliphatic heterocycles. The molecule has 1 N–H and O–H groups in total. The zero-order chi connectivity index (χ0) is 21.8. The van der Waals surface area contributed by atoms with Crippen molar-refractivity contribution < 1.29 is 9.18 Å². The van der Waals surface area contributed by atoms with E-state index in [1.807, 2.05) is 54.6 Å². The Morgan fingerprint density at radius 2 is 1.87 bits per heavy atom. The van der Waals surface area contributed by atoms with E-state index >= 15 is 0 Å². The van der Waals surface area contributed by atoms with Crippen molar-refractivity contribution in [1.82, 2.24) is 14.9 Å². The maximum Gasteiger partial charge on any atom is 0.243 e. The third kappa shape index (κ3) is 4.56. The Kier molecular flexibility index (Phi) is 5.94. The van der Waals surface area contributed by atoms with E-state index in [0.717, 1.165) is 40.0 Å². The van der Waals surface area contributed by atoms with Crippen LogP contribution in [0.3, 0.4) is 0 Å². The van der Waals surface area contributed by atoms with Gasteiger partial charge in [0.05, 0.1) is 11.0 Å². The molecule has 3 aromatic carbocycles. The molecule has 0 bridgehead atoms. The maximum absolute atomic E-state index is 13.3. The smallest absolute Gasteiger partial charge is 0.243 e. The van der Waals surface area contributed by atoms with Crippen LogP contribution < -0.4 is 5.32 Å². The number of nitrogens with one attached hydrogen (secondary N) is 1. The molecule has 5 heteroatoms. The highest BCUT2D eigenvalue weighted by molar-refractivity contribution is 5.91. The first kappa shape index (κ1) is 20.5. The van der Waals surface area contributed by atoms with E-state index in [-0.39, 0.29) is 17.8 Å². The molecule has 1 atom stereocenters. The van der Waals surface area contributed by atoms with E-state index < -0.39 is 0 Å². The number of hydrogen-bond acceptors (Lipinski definition) is 2. The second-order valence-corrected chi connectivity index (χ2v) is 7.55. The molecule has 4 rings (SSSR count). The van der Waals surface area contributed by atoms with Crippen molar-refractivity contribution in [2.24, 2.45) is 0 Å². The normalized spacial score (nSPS) is 12.4. The summed E-state index contributed by atoms with van der Waals surface area (Å²) in [5, 5.41) is 2.58. The number of benzene rings is 3. The molecule has 156 valence electrons. The van der Waals surface area contributed by atoms with Crippen LogP contribution in [-0.2, 0) is 11.2 Å². The lowest BCUT2D eigenvalue weighted by Crippen LogP contribution is -2.13. The van der Waals surface area contributed by atoms with Crippen LogP contribution >= 0.6 is 0 Å². The maximum atomic E-state index is 13.3. The van der Waals surface area contributed by atoms with Gasteiger partial charge in [-0.05, 0) is 60.9 Å². The monoisotopic (exact) mass is 413 g/mol. The Bertz CT molecular complexity index is 1240. The van der Waals surface area contributed by atoms with Crippen LogP contribution in [0, 0.1) is 5.82 Å². The van der Waals surface area contributed by atoms with Crippen molar-refractivity contribution in [3.8, 4) is 11.4 Å². The topological polar surface area (TPSA) is 46.9 Å². The standard InChI is InChI=1S/C26H24FN3O/c1-18(16-20-10-13-22(27)14-11-20)30-24-9-4-3-8-23(24)29-26(30)21-7-5-6-19(17-21)12-15-25(31)28-2/h3-15,17-18H,16H2,1-2H3,(H,28,31)/b15-12+. The first-order chi connectivity index (χ1) is 15.0. The molecule has 0 spiro atoms. The summed E-state index contributed by atoms with van der Waals surface area (Å²) in [7, 11) is 1.61. The van der Waals surface area contributed by atoms with Crippen LogP contribution in [0.25, 0.3) is 28.5 Å². The second kappa shape index (κ2) is 8.96. The number of nitrogens with zero attached hydrogens (tertiary/aromatic N) is 2. The summed E-state index contributed by atoms with van der Waals surface area (Å²) >= 11 is 0. The van der Waals surface area contributed by atoms with E-state index in [2.05, 4.69) is 22.9 Å². The number of para-hydroxylation sites is 2. The van der Waals surface area contributed by atoms with Gasteiger partial charge < -0.3 is 9.88 Å². The van der Waals surface area contributed by atoms with Gasteiger partial charge in [-0.15, -0.1) is 0 Å². The molecule has 31 heavy (non-hydrogen) atoms. The summed E-state index contributed by atoms with van der Waals surface area (Å²) in [5.41, 5.74) is 4.94. The van der Waals surface area contributed by atoms with Gasteiger partial charge in [-0.1, -0.05) is 42.5 Å². The average molecular weight is 413 g/mol. The third-order valence-electron chi connectivity index (χ3n) is 5.30. The minimum Gasteiger partial charge on any atom is -0.356 e. The summed E-state index contributed by atoms with van der Waals surface area (Å²) in [4.78, 5) is 16.5. The zero-order valence-electron chi connectivity index (χ0n) is 17.5. The van der Waals surface area contributed by atoms with Gasteiger partial charge in [-0.2, -0.15) is 0 Å². The van der Waals surface area contributed by atoms with Gasteiger partial charge in [0.25, 0.3) is 0 Å². The molecule has 1 unspecified atom stereocenters. The highest BCUT2D eigenvalue weighted by Gasteiger charge is 2.18. The van der Waals surface area contributed by atoms with Gasteiger partial charge in [-0.3, -0.25) is 4.79 Å². The van der Waals surface area contributed by atoms with Gasteiger partial charge in [0.15, 0.2) is 0 Å². The van der Waals surface area contributed by atoms with E-state index in [9.17, 15) is 9.18 Å². The van der Waals surface area contributed by atoms with Crippen LogP contribution in [0.4, 0.5) is 4.39 Å². The molecule has 0 saturated carbocycles. The summed E-state index contributed by atoms with van der Waals surface area (Å²) in [6.45, 7) is 2.15. The number of aromatic nitrogens is 2.